The number of carbonyl (C=O) groups excluding carboxylic acids is 1. The molecule has 0 radical (unpaired) electrons. The predicted molar refractivity (Wildman–Crippen MR) is 82.4 cm³/mol. The molecule has 0 saturated heterocycles. The molecule has 1 aliphatic carbocycles. The van der Waals surface area contributed by atoms with Crippen molar-refractivity contribution in [3.63, 3.8) is 0 Å². The van der Waals surface area contributed by atoms with Gasteiger partial charge in [0.15, 0.2) is 0 Å². The average molecular weight is 324 g/mol. The third-order valence-electron chi connectivity index (χ3n) is 4.19. The van der Waals surface area contributed by atoms with E-state index < -0.39 is 0 Å². The first kappa shape index (κ1) is 14.6. The van der Waals surface area contributed by atoms with Crippen LogP contribution in [0.4, 0.5) is 0 Å². The second kappa shape index (κ2) is 6.56. The van der Waals surface area contributed by atoms with Crippen LogP contribution in [0, 0.1) is 12.8 Å². The lowest BCUT2D eigenvalue weighted by Gasteiger charge is -2.31. The Balaban J connectivity index is 2.09. The molecule has 1 saturated carbocycles. The summed E-state index contributed by atoms with van der Waals surface area (Å²) in [6, 6.07) is 6.22. The van der Waals surface area contributed by atoms with E-state index in [1.807, 2.05) is 25.1 Å². The van der Waals surface area contributed by atoms with Crippen LogP contribution < -0.4 is 5.32 Å². The number of nitrogens with one attached hydrogen (secondary N) is 1. The maximum atomic E-state index is 12.4. The zero-order chi connectivity index (χ0) is 13.8. The van der Waals surface area contributed by atoms with Gasteiger partial charge in [-0.3, -0.25) is 4.79 Å². The van der Waals surface area contributed by atoms with Crippen molar-refractivity contribution in [2.75, 3.05) is 0 Å². The number of aryl methyl sites for hydroxylation is 1. The molecule has 1 N–H and O–H groups in total. The van der Waals surface area contributed by atoms with Crippen LogP contribution in [0.25, 0.3) is 0 Å². The van der Waals surface area contributed by atoms with Gasteiger partial charge in [0, 0.05) is 16.1 Å². The van der Waals surface area contributed by atoms with Gasteiger partial charge >= 0.3 is 0 Å². The number of amides is 1. The van der Waals surface area contributed by atoms with Gasteiger partial charge in [0.1, 0.15) is 0 Å². The first-order valence-electron chi connectivity index (χ1n) is 7.19. The standard InChI is InChI=1S/C16H22BrNO/c1-3-12-6-4-5-7-15(12)18-16(19)14-10-13(17)9-8-11(14)2/h8-10,12,15H,3-7H2,1-2H3,(H,18,19). The van der Waals surface area contributed by atoms with Crippen molar-refractivity contribution in [1.29, 1.82) is 0 Å². The maximum Gasteiger partial charge on any atom is 0.251 e. The molecular weight excluding hydrogens is 302 g/mol. The molecule has 1 aliphatic rings. The lowest BCUT2D eigenvalue weighted by atomic mass is 9.82. The van der Waals surface area contributed by atoms with Crippen molar-refractivity contribution >= 4 is 21.8 Å². The van der Waals surface area contributed by atoms with Gasteiger partial charge in [-0.2, -0.15) is 0 Å². The van der Waals surface area contributed by atoms with E-state index in [2.05, 4.69) is 28.2 Å². The van der Waals surface area contributed by atoms with E-state index >= 15 is 0 Å². The molecule has 0 heterocycles. The zero-order valence-electron chi connectivity index (χ0n) is 11.7. The average Bonchev–Trinajstić information content (AvgIpc) is 2.42. The first-order valence-corrected chi connectivity index (χ1v) is 7.98. The smallest absolute Gasteiger partial charge is 0.251 e. The van der Waals surface area contributed by atoms with E-state index in [-0.39, 0.29) is 5.91 Å². The molecule has 1 aromatic carbocycles. The quantitative estimate of drug-likeness (QED) is 0.874. The minimum absolute atomic E-state index is 0.0733. The normalized spacial score (nSPS) is 23.1. The molecule has 0 bridgehead atoms. The van der Waals surface area contributed by atoms with Crippen molar-refractivity contribution in [3.05, 3.63) is 33.8 Å². The monoisotopic (exact) mass is 323 g/mol. The summed E-state index contributed by atoms with van der Waals surface area (Å²) >= 11 is 3.44. The Labute approximate surface area is 124 Å². The minimum atomic E-state index is 0.0733. The molecule has 2 unspecified atom stereocenters. The Morgan fingerprint density at radius 3 is 2.84 bits per heavy atom. The molecule has 1 aromatic rings. The van der Waals surface area contributed by atoms with E-state index in [4.69, 9.17) is 0 Å². The molecule has 1 amide bonds. The van der Waals surface area contributed by atoms with Crippen LogP contribution in [0.2, 0.25) is 0 Å². The van der Waals surface area contributed by atoms with Gasteiger partial charge in [-0.15, -0.1) is 0 Å². The van der Waals surface area contributed by atoms with Gasteiger partial charge in [-0.25, -0.2) is 0 Å². The Morgan fingerprint density at radius 2 is 2.11 bits per heavy atom. The topological polar surface area (TPSA) is 29.1 Å². The number of hydrogen-bond acceptors (Lipinski definition) is 1. The predicted octanol–water partition coefficient (Wildman–Crippen LogP) is 4.46. The molecule has 0 spiro atoms. The fourth-order valence-corrected chi connectivity index (χ4v) is 3.33. The molecule has 2 nitrogen and oxygen atoms in total. The molecule has 2 rings (SSSR count). The molecule has 19 heavy (non-hydrogen) atoms. The van der Waals surface area contributed by atoms with Gasteiger partial charge in [0.25, 0.3) is 5.91 Å². The van der Waals surface area contributed by atoms with Crippen LogP contribution in [0.3, 0.4) is 0 Å². The molecule has 1 fully saturated rings. The third kappa shape index (κ3) is 3.59. The van der Waals surface area contributed by atoms with E-state index in [1.165, 1.54) is 19.3 Å². The van der Waals surface area contributed by atoms with Gasteiger partial charge < -0.3 is 5.32 Å². The second-order valence-electron chi connectivity index (χ2n) is 5.49. The lowest BCUT2D eigenvalue weighted by molar-refractivity contribution is 0.0904. The Morgan fingerprint density at radius 1 is 1.37 bits per heavy atom. The Hall–Kier alpha value is -0.830. The van der Waals surface area contributed by atoms with Crippen molar-refractivity contribution in [1.82, 2.24) is 5.32 Å². The number of halogens is 1. The highest BCUT2D eigenvalue weighted by Crippen LogP contribution is 2.27. The molecule has 2 atom stereocenters. The van der Waals surface area contributed by atoms with Gasteiger partial charge in [-0.1, -0.05) is 48.2 Å². The molecule has 104 valence electrons. The number of benzene rings is 1. The SMILES string of the molecule is CCC1CCCCC1NC(=O)c1cc(Br)ccc1C. The fourth-order valence-electron chi connectivity index (χ4n) is 2.97. The second-order valence-corrected chi connectivity index (χ2v) is 6.41. The van der Waals surface area contributed by atoms with Crippen molar-refractivity contribution in [3.8, 4) is 0 Å². The van der Waals surface area contributed by atoms with E-state index in [0.717, 1.165) is 28.4 Å². The van der Waals surface area contributed by atoms with Crippen LogP contribution in [0.15, 0.2) is 22.7 Å². The van der Waals surface area contributed by atoms with E-state index in [1.54, 1.807) is 0 Å². The van der Waals surface area contributed by atoms with Crippen LogP contribution >= 0.6 is 15.9 Å². The summed E-state index contributed by atoms with van der Waals surface area (Å²) in [5.41, 5.74) is 1.82. The van der Waals surface area contributed by atoms with Crippen LogP contribution in [-0.2, 0) is 0 Å². The summed E-state index contributed by atoms with van der Waals surface area (Å²) in [5, 5.41) is 3.24. The van der Waals surface area contributed by atoms with Crippen LogP contribution in [-0.4, -0.2) is 11.9 Å². The van der Waals surface area contributed by atoms with Crippen LogP contribution in [0.5, 0.6) is 0 Å². The van der Waals surface area contributed by atoms with Gasteiger partial charge in [-0.05, 0) is 43.4 Å². The van der Waals surface area contributed by atoms with Crippen molar-refractivity contribution in [2.45, 2.75) is 52.0 Å². The largest absolute Gasteiger partial charge is 0.349 e. The highest BCUT2D eigenvalue weighted by molar-refractivity contribution is 9.10. The maximum absolute atomic E-state index is 12.4. The Bertz CT molecular complexity index is 458. The van der Waals surface area contributed by atoms with Gasteiger partial charge in [0.05, 0.1) is 0 Å². The van der Waals surface area contributed by atoms with Crippen molar-refractivity contribution < 1.29 is 4.79 Å². The number of carbonyl (C=O) groups is 1. The van der Waals surface area contributed by atoms with Crippen molar-refractivity contribution in [2.24, 2.45) is 5.92 Å². The number of rotatable bonds is 3. The highest BCUT2D eigenvalue weighted by Gasteiger charge is 2.25. The summed E-state index contributed by atoms with van der Waals surface area (Å²) in [5.74, 6) is 0.717. The first-order chi connectivity index (χ1) is 9.11. The number of hydrogen-bond donors (Lipinski definition) is 1. The molecular formula is C16H22BrNO. The Kier molecular flexibility index (Phi) is 5.03. The zero-order valence-corrected chi connectivity index (χ0v) is 13.3. The minimum Gasteiger partial charge on any atom is -0.349 e. The molecule has 0 aromatic heterocycles. The fraction of sp³-hybridized carbons (Fsp3) is 0.562. The van der Waals surface area contributed by atoms with E-state index in [9.17, 15) is 4.79 Å². The van der Waals surface area contributed by atoms with E-state index in [0.29, 0.717) is 12.0 Å². The lowest BCUT2D eigenvalue weighted by Crippen LogP contribution is -2.42. The third-order valence-corrected chi connectivity index (χ3v) is 4.69. The summed E-state index contributed by atoms with van der Waals surface area (Å²) in [6.07, 6.45) is 6.07. The molecule has 3 heteroatoms. The summed E-state index contributed by atoms with van der Waals surface area (Å²) in [4.78, 5) is 12.4. The van der Waals surface area contributed by atoms with Gasteiger partial charge in [0.2, 0.25) is 0 Å². The highest BCUT2D eigenvalue weighted by atomic mass is 79.9. The summed E-state index contributed by atoms with van der Waals surface area (Å²) in [6.45, 7) is 4.21. The van der Waals surface area contributed by atoms with Crippen LogP contribution in [0.1, 0.15) is 54.9 Å². The summed E-state index contributed by atoms with van der Waals surface area (Å²) < 4.78 is 0.957. The molecule has 0 aliphatic heterocycles. The summed E-state index contributed by atoms with van der Waals surface area (Å²) in [7, 11) is 0.